The number of thioether (sulfide) groups is 1. The molecular formula is C20H20ClFN2OS. The quantitative estimate of drug-likeness (QED) is 0.648. The lowest BCUT2D eigenvalue weighted by molar-refractivity contribution is 0.414. The van der Waals surface area contributed by atoms with Crippen molar-refractivity contribution in [3.63, 3.8) is 0 Å². The second-order valence-electron chi connectivity index (χ2n) is 6.20. The van der Waals surface area contributed by atoms with Crippen molar-refractivity contribution in [2.75, 3.05) is 7.11 Å². The highest BCUT2D eigenvalue weighted by molar-refractivity contribution is 8.13. The Labute approximate surface area is 162 Å². The monoisotopic (exact) mass is 390 g/mol. The molecule has 1 aliphatic heterocycles. The minimum Gasteiger partial charge on any atom is -0.497 e. The first-order valence-electron chi connectivity index (χ1n) is 8.31. The number of rotatable bonds is 4. The molecule has 26 heavy (non-hydrogen) atoms. The van der Waals surface area contributed by atoms with Gasteiger partial charge in [-0.15, -0.1) is 0 Å². The van der Waals surface area contributed by atoms with Gasteiger partial charge in [-0.2, -0.15) is 0 Å². The third kappa shape index (κ3) is 4.27. The molecule has 0 bridgehead atoms. The summed E-state index contributed by atoms with van der Waals surface area (Å²) in [6.07, 6.45) is 0. The topological polar surface area (TPSA) is 34.0 Å². The van der Waals surface area contributed by atoms with Crippen molar-refractivity contribution in [2.45, 2.75) is 25.6 Å². The second-order valence-corrected chi connectivity index (χ2v) is 7.55. The van der Waals surface area contributed by atoms with Gasteiger partial charge in [0.1, 0.15) is 11.6 Å². The van der Waals surface area contributed by atoms with Crippen molar-refractivity contribution in [1.29, 1.82) is 0 Å². The molecule has 2 aromatic carbocycles. The molecule has 3 nitrogen and oxygen atoms in total. The molecule has 0 spiro atoms. The number of hydrogen-bond donors (Lipinski definition) is 0. The van der Waals surface area contributed by atoms with Crippen LogP contribution in [-0.2, 0) is 5.75 Å². The van der Waals surface area contributed by atoms with Crippen LogP contribution in [0.3, 0.4) is 0 Å². The summed E-state index contributed by atoms with van der Waals surface area (Å²) in [5.74, 6) is 1.37. The summed E-state index contributed by atoms with van der Waals surface area (Å²) in [5, 5.41) is 1.13. The average Bonchev–Trinajstić information content (AvgIpc) is 2.63. The summed E-state index contributed by atoms with van der Waals surface area (Å²) in [4.78, 5) is 9.41. The highest BCUT2D eigenvalue weighted by Crippen LogP contribution is 2.36. The predicted molar refractivity (Wildman–Crippen MR) is 108 cm³/mol. The zero-order valence-corrected chi connectivity index (χ0v) is 16.4. The van der Waals surface area contributed by atoms with Crippen LogP contribution in [0.2, 0.25) is 5.02 Å². The number of halogens is 2. The molecule has 2 unspecified atom stereocenters. The maximum absolute atomic E-state index is 13.4. The van der Waals surface area contributed by atoms with E-state index < -0.39 is 0 Å². The van der Waals surface area contributed by atoms with Crippen LogP contribution in [0.25, 0.3) is 0 Å². The van der Waals surface area contributed by atoms with E-state index in [1.807, 2.05) is 31.2 Å². The van der Waals surface area contributed by atoms with Crippen LogP contribution in [0, 0.1) is 11.7 Å². The van der Waals surface area contributed by atoms with Gasteiger partial charge in [0, 0.05) is 22.4 Å². The zero-order chi connectivity index (χ0) is 18.7. The summed E-state index contributed by atoms with van der Waals surface area (Å²) < 4.78 is 18.6. The highest BCUT2D eigenvalue weighted by atomic mass is 35.5. The fraction of sp³-hybridized carbons (Fsp3) is 0.300. The van der Waals surface area contributed by atoms with Gasteiger partial charge in [-0.25, -0.2) is 9.38 Å². The van der Waals surface area contributed by atoms with Gasteiger partial charge in [-0.3, -0.25) is 4.99 Å². The van der Waals surface area contributed by atoms with Crippen LogP contribution in [0.15, 0.2) is 52.4 Å². The lowest BCUT2D eigenvalue weighted by atomic mass is 9.91. The minimum atomic E-state index is -0.342. The molecule has 0 N–H and O–H groups in total. The number of nitrogens with zero attached hydrogens (tertiary/aromatic N) is 2. The Kier molecular flexibility index (Phi) is 5.99. The normalized spacial score (nSPS) is 19.7. The summed E-state index contributed by atoms with van der Waals surface area (Å²) >= 11 is 7.84. The molecule has 0 radical (unpaired) electrons. The Morgan fingerprint density at radius 1 is 1.19 bits per heavy atom. The molecule has 1 aliphatic rings. The van der Waals surface area contributed by atoms with E-state index in [2.05, 4.69) is 11.9 Å². The lowest BCUT2D eigenvalue weighted by Gasteiger charge is -2.26. The summed E-state index contributed by atoms with van der Waals surface area (Å²) in [6, 6.07) is 12.3. The zero-order valence-electron chi connectivity index (χ0n) is 14.9. The molecule has 0 amide bonds. The standard InChI is InChI=1S/C20H20ClFN2OS/c1-12-13(2)23-20(26-11-14-4-7-16(25-3)8-5-14)24-19(12)17-9-6-15(22)10-18(17)21/h4-10,12,19H,11H2,1-3H3. The van der Waals surface area contributed by atoms with Crippen LogP contribution < -0.4 is 4.74 Å². The third-order valence-electron chi connectivity index (χ3n) is 4.46. The first-order valence-corrected chi connectivity index (χ1v) is 9.68. The van der Waals surface area contributed by atoms with Gasteiger partial charge in [-0.1, -0.05) is 48.5 Å². The first-order chi connectivity index (χ1) is 12.5. The van der Waals surface area contributed by atoms with E-state index >= 15 is 0 Å². The molecule has 0 saturated heterocycles. The Bertz CT molecular complexity index is 851. The van der Waals surface area contributed by atoms with E-state index in [0.29, 0.717) is 5.02 Å². The van der Waals surface area contributed by atoms with Crippen LogP contribution in [0.5, 0.6) is 5.75 Å². The Hall–Kier alpha value is -1.85. The fourth-order valence-corrected chi connectivity index (χ4v) is 3.92. The van der Waals surface area contributed by atoms with Gasteiger partial charge < -0.3 is 4.74 Å². The predicted octanol–water partition coefficient (Wildman–Crippen LogP) is 5.93. The van der Waals surface area contributed by atoms with Gasteiger partial charge in [0.25, 0.3) is 0 Å². The van der Waals surface area contributed by atoms with Crippen molar-refractivity contribution in [3.05, 3.63) is 64.4 Å². The molecule has 136 valence electrons. The minimum absolute atomic E-state index is 0.114. The SMILES string of the molecule is COc1ccc(CSC2=NC(c3ccc(F)cc3Cl)C(C)C(C)=N2)cc1. The molecule has 1 heterocycles. The number of methoxy groups -OCH3 is 1. The number of amidine groups is 1. The molecule has 6 heteroatoms. The molecule has 0 aromatic heterocycles. The fourth-order valence-electron chi connectivity index (χ4n) is 2.76. The van der Waals surface area contributed by atoms with E-state index in [0.717, 1.165) is 27.9 Å². The highest BCUT2D eigenvalue weighted by Gasteiger charge is 2.27. The van der Waals surface area contributed by atoms with Crippen molar-refractivity contribution >= 4 is 34.2 Å². The smallest absolute Gasteiger partial charge is 0.183 e. The van der Waals surface area contributed by atoms with E-state index in [9.17, 15) is 4.39 Å². The molecule has 0 fully saturated rings. The average molecular weight is 391 g/mol. The van der Waals surface area contributed by atoms with Gasteiger partial charge >= 0.3 is 0 Å². The maximum atomic E-state index is 13.4. The Morgan fingerprint density at radius 2 is 1.92 bits per heavy atom. The molecule has 2 atom stereocenters. The lowest BCUT2D eigenvalue weighted by Crippen LogP contribution is -2.22. The van der Waals surface area contributed by atoms with Gasteiger partial charge in [0.05, 0.1) is 13.2 Å². The van der Waals surface area contributed by atoms with E-state index in [-0.39, 0.29) is 17.8 Å². The van der Waals surface area contributed by atoms with Crippen molar-refractivity contribution in [2.24, 2.45) is 15.9 Å². The van der Waals surface area contributed by atoms with Crippen LogP contribution in [0.1, 0.15) is 31.0 Å². The van der Waals surface area contributed by atoms with Crippen molar-refractivity contribution < 1.29 is 9.13 Å². The number of hydrogen-bond acceptors (Lipinski definition) is 4. The van der Waals surface area contributed by atoms with Gasteiger partial charge in [0.15, 0.2) is 5.17 Å². The first kappa shape index (κ1) is 18.9. The molecule has 2 aromatic rings. The molecule has 0 aliphatic carbocycles. The maximum Gasteiger partial charge on any atom is 0.183 e. The molecule has 3 rings (SSSR count). The molecular weight excluding hydrogens is 371 g/mol. The van der Waals surface area contributed by atoms with Crippen molar-refractivity contribution in [3.8, 4) is 5.75 Å². The van der Waals surface area contributed by atoms with Crippen LogP contribution in [-0.4, -0.2) is 18.0 Å². The van der Waals surface area contributed by atoms with Gasteiger partial charge in [0.2, 0.25) is 0 Å². The van der Waals surface area contributed by atoms with E-state index in [4.69, 9.17) is 21.3 Å². The van der Waals surface area contributed by atoms with Crippen LogP contribution >= 0.6 is 23.4 Å². The summed E-state index contributed by atoms with van der Waals surface area (Å²) in [7, 11) is 1.65. The molecule has 0 saturated carbocycles. The Balaban J connectivity index is 1.79. The number of ether oxygens (including phenoxy) is 1. The van der Waals surface area contributed by atoms with Crippen LogP contribution in [0.4, 0.5) is 4.39 Å². The summed E-state index contributed by atoms with van der Waals surface area (Å²) in [6.45, 7) is 4.06. The largest absolute Gasteiger partial charge is 0.497 e. The second kappa shape index (κ2) is 8.23. The summed E-state index contributed by atoms with van der Waals surface area (Å²) in [5.41, 5.74) is 3.00. The van der Waals surface area contributed by atoms with Gasteiger partial charge in [-0.05, 0) is 42.3 Å². The Morgan fingerprint density at radius 3 is 2.58 bits per heavy atom. The van der Waals surface area contributed by atoms with E-state index in [1.165, 1.54) is 17.7 Å². The number of benzene rings is 2. The number of aliphatic imine (C=N–C) groups is 2. The van der Waals surface area contributed by atoms with E-state index in [1.54, 1.807) is 24.9 Å². The van der Waals surface area contributed by atoms with Crippen molar-refractivity contribution in [1.82, 2.24) is 0 Å². The third-order valence-corrected chi connectivity index (χ3v) is 5.72.